The summed E-state index contributed by atoms with van der Waals surface area (Å²) in [7, 11) is 1.74. The lowest BCUT2D eigenvalue weighted by Crippen LogP contribution is -2.11. The molecule has 0 aromatic carbocycles. The summed E-state index contributed by atoms with van der Waals surface area (Å²) in [6.07, 6.45) is -0.105. The summed E-state index contributed by atoms with van der Waals surface area (Å²) >= 11 is 3.29. The molecule has 2 aromatic heterocycles. The minimum atomic E-state index is -0.816. The second kappa shape index (κ2) is 5.11. The van der Waals surface area contributed by atoms with Gasteiger partial charge in [-0.05, 0) is 35.3 Å². The number of aliphatic hydroxyl groups is 1. The Balaban J connectivity index is 2.51. The summed E-state index contributed by atoms with van der Waals surface area (Å²) in [6.45, 7) is 3.82. The SMILES string of the molecule is CCc1nnc(C)cc1C(O)c1c(Br)nnn1C. The second-order valence-electron chi connectivity index (χ2n) is 4.03. The van der Waals surface area contributed by atoms with Crippen molar-refractivity contribution >= 4 is 15.9 Å². The van der Waals surface area contributed by atoms with E-state index in [2.05, 4.69) is 36.4 Å². The number of aromatic nitrogens is 5. The molecule has 0 fully saturated rings. The third kappa shape index (κ3) is 2.28. The molecule has 1 N–H and O–H groups in total. The first-order valence-electron chi connectivity index (χ1n) is 5.60. The Bertz CT molecular complexity index is 549. The molecule has 1 atom stereocenters. The lowest BCUT2D eigenvalue weighted by Gasteiger charge is -2.14. The van der Waals surface area contributed by atoms with Gasteiger partial charge in [-0.25, -0.2) is 4.68 Å². The van der Waals surface area contributed by atoms with Gasteiger partial charge >= 0.3 is 0 Å². The van der Waals surface area contributed by atoms with E-state index in [0.29, 0.717) is 16.7 Å². The van der Waals surface area contributed by atoms with Crippen LogP contribution >= 0.6 is 15.9 Å². The number of hydrogen-bond acceptors (Lipinski definition) is 5. The van der Waals surface area contributed by atoms with Crippen molar-refractivity contribution < 1.29 is 5.11 Å². The Kier molecular flexibility index (Phi) is 3.72. The largest absolute Gasteiger partial charge is 0.382 e. The maximum Gasteiger partial charge on any atom is 0.154 e. The van der Waals surface area contributed by atoms with Crippen LogP contribution in [0.3, 0.4) is 0 Å². The molecule has 96 valence electrons. The van der Waals surface area contributed by atoms with Crippen LogP contribution in [0.1, 0.15) is 35.7 Å². The molecule has 2 aromatic rings. The fraction of sp³-hybridized carbons (Fsp3) is 0.455. The lowest BCUT2D eigenvalue weighted by molar-refractivity contribution is 0.207. The topological polar surface area (TPSA) is 76.7 Å². The van der Waals surface area contributed by atoms with Gasteiger partial charge in [0.15, 0.2) is 4.60 Å². The van der Waals surface area contributed by atoms with Crippen molar-refractivity contribution in [2.75, 3.05) is 0 Å². The summed E-state index contributed by atoms with van der Waals surface area (Å²) in [6, 6.07) is 1.84. The average Bonchev–Trinajstić information content (AvgIpc) is 2.68. The first-order chi connectivity index (χ1) is 8.54. The summed E-state index contributed by atoms with van der Waals surface area (Å²) in [5, 5.41) is 26.3. The van der Waals surface area contributed by atoms with Crippen LogP contribution in [0.4, 0.5) is 0 Å². The molecule has 0 bridgehead atoms. The van der Waals surface area contributed by atoms with Gasteiger partial charge in [0.2, 0.25) is 0 Å². The molecule has 7 heteroatoms. The van der Waals surface area contributed by atoms with Crippen LogP contribution in [0.5, 0.6) is 0 Å². The number of aryl methyl sites for hydroxylation is 3. The Hall–Kier alpha value is -1.34. The fourth-order valence-corrected chi connectivity index (χ4v) is 2.37. The van der Waals surface area contributed by atoms with E-state index in [9.17, 15) is 5.11 Å². The highest BCUT2D eigenvalue weighted by molar-refractivity contribution is 9.10. The number of halogens is 1. The van der Waals surface area contributed by atoms with E-state index in [0.717, 1.165) is 17.0 Å². The number of nitrogens with zero attached hydrogens (tertiary/aromatic N) is 5. The van der Waals surface area contributed by atoms with E-state index in [1.807, 2.05) is 19.9 Å². The van der Waals surface area contributed by atoms with Crippen molar-refractivity contribution in [1.29, 1.82) is 0 Å². The smallest absolute Gasteiger partial charge is 0.154 e. The molecule has 2 heterocycles. The van der Waals surface area contributed by atoms with E-state index in [4.69, 9.17) is 0 Å². The van der Waals surface area contributed by atoms with Crippen LogP contribution < -0.4 is 0 Å². The van der Waals surface area contributed by atoms with Crippen LogP contribution in [-0.2, 0) is 13.5 Å². The van der Waals surface area contributed by atoms with Crippen LogP contribution in [-0.4, -0.2) is 30.3 Å². The normalized spacial score (nSPS) is 12.7. The predicted molar refractivity (Wildman–Crippen MR) is 68.9 cm³/mol. The maximum absolute atomic E-state index is 10.5. The molecule has 0 aliphatic rings. The first kappa shape index (κ1) is 13.1. The summed E-state index contributed by atoms with van der Waals surface area (Å²) in [5.74, 6) is 0. The zero-order valence-electron chi connectivity index (χ0n) is 10.4. The zero-order valence-corrected chi connectivity index (χ0v) is 12.0. The molecular formula is C11H14BrN5O. The number of aliphatic hydroxyl groups excluding tert-OH is 1. The van der Waals surface area contributed by atoms with Gasteiger partial charge in [-0.2, -0.15) is 10.2 Å². The van der Waals surface area contributed by atoms with E-state index in [1.54, 1.807) is 11.7 Å². The maximum atomic E-state index is 10.5. The molecule has 0 saturated heterocycles. The molecule has 0 radical (unpaired) electrons. The van der Waals surface area contributed by atoms with Gasteiger partial charge in [-0.15, -0.1) is 5.10 Å². The van der Waals surface area contributed by atoms with Gasteiger partial charge in [0.05, 0.1) is 11.4 Å². The lowest BCUT2D eigenvalue weighted by atomic mass is 10.0. The quantitative estimate of drug-likeness (QED) is 0.925. The highest BCUT2D eigenvalue weighted by Gasteiger charge is 2.22. The van der Waals surface area contributed by atoms with E-state index < -0.39 is 6.10 Å². The van der Waals surface area contributed by atoms with Crippen molar-refractivity contribution in [2.45, 2.75) is 26.4 Å². The summed E-state index contributed by atoms with van der Waals surface area (Å²) < 4.78 is 2.08. The van der Waals surface area contributed by atoms with Gasteiger partial charge in [0.1, 0.15) is 11.8 Å². The molecule has 0 amide bonds. The van der Waals surface area contributed by atoms with Crippen LogP contribution in [0, 0.1) is 6.92 Å². The summed E-state index contributed by atoms with van der Waals surface area (Å²) in [5.41, 5.74) is 2.90. The second-order valence-corrected chi connectivity index (χ2v) is 4.78. The number of hydrogen-bond donors (Lipinski definition) is 1. The Morgan fingerprint density at radius 3 is 2.67 bits per heavy atom. The third-order valence-corrected chi connectivity index (χ3v) is 3.31. The molecule has 6 nitrogen and oxygen atoms in total. The Morgan fingerprint density at radius 2 is 2.11 bits per heavy atom. The average molecular weight is 312 g/mol. The standard InChI is InChI=1S/C11H14BrN5O/c1-4-8-7(5-6(2)13-14-8)10(18)9-11(12)15-16-17(9)3/h5,10,18H,4H2,1-3H3. The molecule has 0 spiro atoms. The van der Waals surface area contributed by atoms with E-state index in [-0.39, 0.29) is 0 Å². The molecule has 1 unspecified atom stereocenters. The molecular weight excluding hydrogens is 298 g/mol. The predicted octanol–water partition coefficient (Wildman–Crippen LogP) is 1.32. The fourth-order valence-electron chi connectivity index (χ4n) is 1.82. The van der Waals surface area contributed by atoms with Crippen molar-refractivity contribution in [2.24, 2.45) is 7.05 Å². The molecule has 2 rings (SSSR count). The molecule has 0 aliphatic heterocycles. The minimum Gasteiger partial charge on any atom is -0.382 e. The van der Waals surface area contributed by atoms with Crippen LogP contribution in [0.25, 0.3) is 0 Å². The van der Waals surface area contributed by atoms with Crippen molar-refractivity contribution in [3.8, 4) is 0 Å². The highest BCUT2D eigenvalue weighted by Crippen LogP contribution is 2.28. The van der Waals surface area contributed by atoms with Crippen LogP contribution in [0.15, 0.2) is 10.7 Å². The molecule has 18 heavy (non-hydrogen) atoms. The monoisotopic (exact) mass is 311 g/mol. The molecule has 0 aliphatic carbocycles. The van der Waals surface area contributed by atoms with Crippen molar-refractivity contribution in [3.05, 3.63) is 33.3 Å². The minimum absolute atomic E-state index is 0.536. The summed E-state index contributed by atoms with van der Waals surface area (Å²) in [4.78, 5) is 0. The van der Waals surface area contributed by atoms with E-state index in [1.165, 1.54) is 0 Å². The van der Waals surface area contributed by atoms with Crippen molar-refractivity contribution in [1.82, 2.24) is 25.2 Å². The third-order valence-electron chi connectivity index (χ3n) is 2.74. The van der Waals surface area contributed by atoms with Crippen molar-refractivity contribution in [3.63, 3.8) is 0 Å². The highest BCUT2D eigenvalue weighted by atomic mass is 79.9. The van der Waals surface area contributed by atoms with Gasteiger partial charge in [-0.1, -0.05) is 12.1 Å². The van der Waals surface area contributed by atoms with Crippen LogP contribution in [0.2, 0.25) is 0 Å². The van der Waals surface area contributed by atoms with Gasteiger partial charge in [-0.3, -0.25) is 0 Å². The van der Waals surface area contributed by atoms with Gasteiger partial charge < -0.3 is 5.11 Å². The van der Waals surface area contributed by atoms with Gasteiger partial charge in [0.25, 0.3) is 0 Å². The number of rotatable bonds is 3. The molecule has 0 saturated carbocycles. The first-order valence-corrected chi connectivity index (χ1v) is 6.40. The van der Waals surface area contributed by atoms with E-state index >= 15 is 0 Å². The zero-order chi connectivity index (χ0) is 13.3. The Labute approximate surface area is 113 Å². The van der Waals surface area contributed by atoms with Gasteiger partial charge in [0, 0.05) is 12.6 Å². The Morgan fingerprint density at radius 1 is 1.39 bits per heavy atom.